The van der Waals surface area contributed by atoms with Gasteiger partial charge in [0.25, 0.3) is 23.3 Å². The van der Waals surface area contributed by atoms with Gasteiger partial charge in [0, 0.05) is 34.8 Å². The van der Waals surface area contributed by atoms with Gasteiger partial charge in [0.15, 0.2) is 10.8 Å². The Kier molecular flexibility index (Phi) is 6.09. The third-order valence-corrected chi connectivity index (χ3v) is 7.77. The highest BCUT2D eigenvalue weighted by Gasteiger charge is 2.54. The minimum Gasteiger partial charge on any atom is -0.477 e. The van der Waals surface area contributed by atoms with Crippen LogP contribution in [0, 0.1) is 6.92 Å². The van der Waals surface area contributed by atoms with Gasteiger partial charge in [-0.05, 0) is 6.07 Å². The Bertz CT molecular complexity index is 1460. The van der Waals surface area contributed by atoms with Gasteiger partial charge < -0.3 is 21.0 Å². The van der Waals surface area contributed by atoms with Crippen LogP contribution in [0.3, 0.4) is 0 Å². The molecule has 3 aromatic rings. The molecule has 0 saturated carbocycles. The molecular weight excluding hydrogens is 508 g/mol. The highest BCUT2D eigenvalue weighted by Crippen LogP contribution is 2.40. The van der Waals surface area contributed by atoms with Crippen molar-refractivity contribution < 1.29 is 28.7 Å². The van der Waals surface area contributed by atoms with Crippen molar-refractivity contribution in [3.63, 3.8) is 0 Å². The van der Waals surface area contributed by atoms with Crippen molar-refractivity contribution in [2.45, 2.75) is 24.9 Å². The number of aromatic nitrogens is 4. The number of fused-ring (bicyclic) bond motifs is 2. The van der Waals surface area contributed by atoms with Crippen LogP contribution in [0.15, 0.2) is 46.2 Å². The third-order valence-electron chi connectivity index (χ3n) is 5.76. The van der Waals surface area contributed by atoms with E-state index < -0.39 is 29.2 Å². The third kappa shape index (κ3) is 3.95. The number of thioether (sulfide) groups is 1. The summed E-state index contributed by atoms with van der Waals surface area (Å²) in [5.74, 6) is -1.32. The number of nitrogens with one attached hydrogen (secondary N) is 1. The molecule has 0 bridgehead atoms. The van der Waals surface area contributed by atoms with Crippen LogP contribution in [0.2, 0.25) is 0 Å². The van der Waals surface area contributed by atoms with E-state index in [-0.39, 0.29) is 28.8 Å². The predicted octanol–water partition coefficient (Wildman–Crippen LogP) is -0.242. The Labute approximate surface area is 212 Å². The minimum absolute atomic E-state index is 0.0884. The van der Waals surface area contributed by atoms with Gasteiger partial charge in [-0.15, -0.1) is 27.8 Å². The maximum atomic E-state index is 13.1. The van der Waals surface area contributed by atoms with E-state index in [1.807, 2.05) is 35.7 Å². The molecule has 2 aliphatic heterocycles. The monoisotopic (exact) mass is 529 g/mol. The van der Waals surface area contributed by atoms with Crippen molar-refractivity contribution in [1.29, 1.82) is 0 Å². The molecule has 2 amide bonds. The van der Waals surface area contributed by atoms with Crippen molar-refractivity contribution in [2.75, 3.05) is 18.6 Å². The fourth-order valence-electron chi connectivity index (χ4n) is 4.20. The number of carbonyl (C=O) groups excluding carboxylic acids is 2. The Morgan fingerprint density at radius 1 is 1.42 bits per heavy atom. The number of hydrogen-bond donors (Lipinski definition) is 3. The number of carboxylic acids is 1. The van der Waals surface area contributed by atoms with E-state index in [0.29, 0.717) is 11.3 Å². The van der Waals surface area contributed by atoms with Gasteiger partial charge >= 0.3 is 5.97 Å². The zero-order chi connectivity index (χ0) is 25.6. The highest BCUT2D eigenvalue weighted by molar-refractivity contribution is 8.00. The fourth-order valence-corrected chi connectivity index (χ4v) is 6.08. The van der Waals surface area contributed by atoms with Gasteiger partial charge in [-0.3, -0.25) is 14.5 Å². The smallest absolute Gasteiger partial charge is 0.352 e. The van der Waals surface area contributed by atoms with Gasteiger partial charge in [-0.2, -0.15) is 0 Å². The maximum Gasteiger partial charge on any atom is 0.352 e. The van der Waals surface area contributed by atoms with E-state index in [1.165, 1.54) is 23.8 Å². The topological polar surface area (TPSA) is 169 Å². The molecule has 1 fully saturated rings. The maximum absolute atomic E-state index is 13.1. The molecule has 5 rings (SSSR count). The lowest BCUT2D eigenvalue weighted by molar-refractivity contribution is -0.520. The number of amides is 2. The van der Waals surface area contributed by atoms with Gasteiger partial charge in [0.05, 0.1) is 6.20 Å². The number of pyridine rings is 1. The van der Waals surface area contributed by atoms with E-state index in [0.717, 1.165) is 22.8 Å². The molecule has 0 unspecified atom stereocenters. The molecule has 2 atom stereocenters. The molecule has 4 N–H and O–H groups in total. The second kappa shape index (κ2) is 9.23. The minimum atomic E-state index is -1.21. The van der Waals surface area contributed by atoms with E-state index in [1.54, 1.807) is 10.1 Å². The summed E-state index contributed by atoms with van der Waals surface area (Å²) in [4.78, 5) is 48.2. The number of thiazole rings is 1. The molecule has 0 spiro atoms. The van der Waals surface area contributed by atoms with E-state index in [2.05, 4.69) is 20.6 Å². The van der Waals surface area contributed by atoms with Crippen LogP contribution in [0.1, 0.15) is 11.5 Å². The number of rotatable bonds is 7. The lowest BCUT2D eigenvalue weighted by atomic mass is 10.0. The lowest BCUT2D eigenvalue weighted by Crippen LogP contribution is -2.71. The van der Waals surface area contributed by atoms with Crippen molar-refractivity contribution in [3.05, 3.63) is 52.6 Å². The summed E-state index contributed by atoms with van der Waals surface area (Å²) < 4.78 is 3.61. The summed E-state index contributed by atoms with van der Waals surface area (Å²) in [6.45, 7) is 2.06. The molecule has 15 heteroatoms. The summed E-state index contributed by atoms with van der Waals surface area (Å²) in [6, 6.07) is 4.71. The highest BCUT2D eigenvalue weighted by atomic mass is 32.2. The van der Waals surface area contributed by atoms with Crippen molar-refractivity contribution in [1.82, 2.24) is 25.0 Å². The van der Waals surface area contributed by atoms with Crippen LogP contribution in [0.4, 0.5) is 5.13 Å². The summed E-state index contributed by atoms with van der Waals surface area (Å²) in [5, 5.41) is 22.1. The van der Waals surface area contributed by atoms with Crippen LogP contribution >= 0.6 is 23.1 Å². The Balaban J connectivity index is 1.38. The molecular formula is C21H21N8O5S2+. The average molecular weight is 530 g/mol. The molecule has 36 heavy (non-hydrogen) atoms. The number of carboxylic acid groups (broad SMARTS) is 1. The number of carbonyl (C=O) groups is 3. The lowest BCUT2D eigenvalue weighted by Gasteiger charge is -2.49. The molecule has 0 aromatic carbocycles. The van der Waals surface area contributed by atoms with Crippen LogP contribution < -0.4 is 15.5 Å². The van der Waals surface area contributed by atoms with Crippen LogP contribution in [-0.4, -0.2) is 72.5 Å². The molecule has 5 heterocycles. The van der Waals surface area contributed by atoms with Crippen molar-refractivity contribution >= 4 is 57.4 Å². The van der Waals surface area contributed by atoms with Crippen LogP contribution in [-0.2, 0) is 25.8 Å². The number of nitrogens with zero attached hydrogens (tertiary/aromatic N) is 6. The summed E-state index contributed by atoms with van der Waals surface area (Å²) in [5.41, 5.74) is 6.99. The number of aliphatic carboxylic acids is 1. The first-order valence-electron chi connectivity index (χ1n) is 10.7. The first-order valence-corrected chi connectivity index (χ1v) is 12.6. The number of nitrogen functional groups attached to an aromatic ring is 1. The molecule has 2 aliphatic rings. The second-order valence-corrected chi connectivity index (χ2v) is 9.94. The van der Waals surface area contributed by atoms with Crippen molar-refractivity contribution in [3.8, 4) is 0 Å². The van der Waals surface area contributed by atoms with Gasteiger partial charge in [-0.1, -0.05) is 11.2 Å². The summed E-state index contributed by atoms with van der Waals surface area (Å²) in [7, 11) is 1.28. The molecule has 1 saturated heterocycles. The van der Waals surface area contributed by atoms with Crippen LogP contribution in [0.25, 0.3) is 5.65 Å². The average Bonchev–Trinajstić information content (AvgIpc) is 3.43. The largest absolute Gasteiger partial charge is 0.477 e. The predicted molar refractivity (Wildman–Crippen MR) is 130 cm³/mol. The Morgan fingerprint density at radius 3 is 2.92 bits per heavy atom. The number of nitrogens with two attached hydrogens (primary N) is 1. The molecule has 0 aliphatic carbocycles. The fraction of sp³-hybridized carbons (Fsp3) is 0.286. The summed E-state index contributed by atoms with van der Waals surface area (Å²) in [6.07, 6.45) is 1.87. The number of aryl methyl sites for hydroxylation is 1. The second-order valence-electron chi connectivity index (χ2n) is 7.95. The zero-order valence-corrected chi connectivity index (χ0v) is 20.7. The first-order chi connectivity index (χ1) is 17.3. The molecule has 3 aromatic heterocycles. The standard InChI is InChI=1S/C21H20N8O5S2/c1-10-25-28(13-5-3-4-6-27(10)13)7-11-8-35-19-15(18(31)29(19)16(11)20(32)33)24-17(30)14(26-34-2)12-9-36-21(22)23-12/h3-6,9,15,19H,7-8H2,1-2H3,(H3-,22,23,24,30,32,33)/p+1/b26-14-/t15-,19-/m1/s1. The molecule has 13 nitrogen and oxygen atoms in total. The number of anilines is 1. The van der Waals surface area contributed by atoms with Gasteiger partial charge in [-0.25, -0.2) is 14.2 Å². The van der Waals surface area contributed by atoms with Gasteiger partial charge in [0.1, 0.15) is 36.5 Å². The zero-order valence-electron chi connectivity index (χ0n) is 19.1. The van der Waals surface area contributed by atoms with E-state index >= 15 is 0 Å². The quantitative estimate of drug-likeness (QED) is 0.162. The summed E-state index contributed by atoms with van der Waals surface area (Å²) >= 11 is 2.50. The molecule has 0 radical (unpaired) electrons. The van der Waals surface area contributed by atoms with E-state index in [4.69, 9.17) is 10.6 Å². The Morgan fingerprint density at radius 2 is 2.22 bits per heavy atom. The van der Waals surface area contributed by atoms with Gasteiger partial charge in [0.2, 0.25) is 0 Å². The number of oxime groups is 1. The number of hydrogen-bond acceptors (Lipinski definition) is 10. The van der Waals surface area contributed by atoms with E-state index in [9.17, 15) is 19.5 Å². The first kappa shape index (κ1) is 23.7. The molecule has 186 valence electrons. The Hall–Kier alpha value is -3.98. The normalized spacial score (nSPS) is 19.8. The SMILES string of the molecule is CO/N=C(\C(=O)N[C@@H]1C(=O)N2C(C(=O)O)=C(Cn3nc(C)[n+]4ccccc34)CS[C@H]12)c1csc(N)n1. The van der Waals surface area contributed by atoms with Crippen LogP contribution in [0.5, 0.6) is 0 Å². The number of β-lactam (4-membered cyclic amide) rings is 1. The van der Waals surface area contributed by atoms with Crippen molar-refractivity contribution in [2.24, 2.45) is 5.16 Å².